The Balaban J connectivity index is 1.90. The van der Waals surface area contributed by atoms with Crippen molar-refractivity contribution in [3.63, 3.8) is 0 Å². The van der Waals surface area contributed by atoms with Crippen LogP contribution in [0.3, 0.4) is 0 Å². The van der Waals surface area contributed by atoms with Crippen LogP contribution in [0.15, 0.2) is 47.2 Å². The Bertz CT molecular complexity index is 640. The van der Waals surface area contributed by atoms with Crippen molar-refractivity contribution in [2.24, 2.45) is 0 Å². The standard InChI is InChI=1S/C16H16BrN3O/c17-13-7-12(8-14(18)9-13)16(21)20-6-2-4-15(20)11-3-1-5-19-10-11/h1,3,5,7-10,15H,2,4,6,18H2. The molecule has 2 aromatic rings. The Kier molecular flexibility index (Phi) is 3.92. The predicted octanol–water partition coefficient (Wildman–Crippen LogP) is 3.40. The van der Waals surface area contributed by atoms with E-state index in [1.54, 1.807) is 18.3 Å². The molecule has 1 saturated heterocycles. The molecule has 0 radical (unpaired) electrons. The molecule has 1 aromatic heterocycles. The smallest absolute Gasteiger partial charge is 0.254 e. The van der Waals surface area contributed by atoms with Gasteiger partial charge in [0.05, 0.1) is 6.04 Å². The van der Waals surface area contributed by atoms with E-state index in [-0.39, 0.29) is 11.9 Å². The lowest BCUT2D eigenvalue weighted by atomic mass is 10.1. The average Bonchev–Trinajstić information content (AvgIpc) is 2.95. The Morgan fingerprint density at radius 3 is 2.95 bits per heavy atom. The second kappa shape index (κ2) is 5.85. The summed E-state index contributed by atoms with van der Waals surface area (Å²) in [6, 6.07) is 9.38. The summed E-state index contributed by atoms with van der Waals surface area (Å²) >= 11 is 3.39. The van der Waals surface area contributed by atoms with E-state index < -0.39 is 0 Å². The Hall–Kier alpha value is -1.88. The fourth-order valence-corrected chi connectivity index (χ4v) is 3.34. The third kappa shape index (κ3) is 2.93. The molecule has 0 aliphatic carbocycles. The topological polar surface area (TPSA) is 59.2 Å². The third-order valence-corrected chi connectivity index (χ3v) is 4.21. The first-order valence-corrected chi connectivity index (χ1v) is 7.71. The molecule has 2 N–H and O–H groups in total. The van der Waals surface area contributed by atoms with Crippen molar-refractivity contribution in [2.45, 2.75) is 18.9 Å². The number of likely N-dealkylation sites (tertiary alicyclic amines) is 1. The van der Waals surface area contributed by atoms with E-state index in [0.717, 1.165) is 29.4 Å². The number of hydrogen-bond acceptors (Lipinski definition) is 3. The average molecular weight is 346 g/mol. The normalized spacial score (nSPS) is 18.0. The lowest BCUT2D eigenvalue weighted by Gasteiger charge is -2.25. The number of nitrogen functional groups attached to an aromatic ring is 1. The van der Waals surface area contributed by atoms with Gasteiger partial charge in [-0.1, -0.05) is 22.0 Å². The number of amides is 1. The highest BCUT2D eigenvalue weighted by Crippen LogP contribution is 2.33. The summed E-state index contributed by atoms with van der Waals surface area (Å²) in [5, 5.41) is 0. The van der Waals surface area contributed by atoms with Gasteiger partial charge in [0.1, 0.15) is 0 Å². The summed E-state index contributed by atoms with van der Waals surface area (Å²) in [7, 11) is 0. The fraction of sp³-hybridized carbons (Fsp3) is 0.250. The third-order valence-electron chi connectivity index (χ3n) is 3.75. The van der Waals surface area contributed by atoms with Gasteiger partial charge in [-0.3, -0.25) is 9.78 Å². The zero-order valence-corrected chi connectivity index (χ0v) is 13.1. The molecule has 3 rings (SSSR count). The molecule has 1 atom stereocenters. The van der Waals surface area contributed by atoms with Crippen LogP contribution in [-0.4, -0.2) is 22.3 Å². The van der Waals surface area contributed by atoms with Crippen molar-refractivity contribution in [3.05, 3.63) is 58.3 Å². The second-order valence-electron chi connectivity index (χ2n) is 5.22. The molecule has 0 spiro atoms. The molecule has 21 heavy (non-hydrogen) atoms. The van der Waals surface area contributed by atoms with Gasteiger partial charge >= 0.3 is 0 Å². The number of anilines is 1. The van der Waals surface area contributed by atoms with E-state index in [9.17, 15) is 4.79 Å². The van der Waals surface area contributed by atoms with Crippen LogP contribution in [0.5, 0.6) is 0 Å². The molecule has 0 saturated carbocycles. The SMILES string of the molecule is Nc1cc(Br)cc(C(=O)N2CCCC2c2cccnc2)c1. The van der Waals surface area contributed by atoms with Crippen molar-refractivity contribution in [3.8, 4) is 0 Å². The molecule has 1 aromatic carbocycles. The van der Waals surface area contributed by atoms with Crippen LogP contribution in [0, 0.1) is 0 Å². The minimum atomic E-state index is 0.0225. The summed E-state index contributed by atoms with van der Waals surface area (Å²) in [6.45, 7) is 0.769. The van der Waals surface area contributed by atoms with Gasteiger partial charge in [-0.05, 0) is 42.7 Å². The fourth-order valence-electron chi connectivity index (χ4n) is 2.83. The number of benzene rings is 1. The largest absolute Gasteiger partial charge is 0.399 e. The minimum absolute atomic E-state index is 0.0225. The highest BCUT2D eigenvalue weighted by atomic mass is 79.9. The van der Waals surface area contributed by atoms with Crippen molar-refractivity contribution in [2.75, 3.05) is 12.3 Å². The second-order valence-corrected chi connectivity index (χ2v) is 6.13. The van der Waals surface area contributed by atoms with Crippen molar-refractivity contribution in [1.82, 2.24) is 9.88 Å². The van der Waals surface area contributed by atoms with Crippen molar-refractivity contribution in [1.29, 1.82) is 0 Å². The maximum absolute atomic E-state index is 12.8. The molecule has 5 heteroatoms. The first kappa shape index (κ1) is 14.1. The molecule has 1 unspecified atom stereocenters. The molecular formula is C16H16BrN3O. The number of nitrogens with two attached hydrogens (primary N) is 1. The van der Waals surface area contributed by atoms with E-state index in [2.05, 4.69) is 20.9 Å². The summed E-state index contributed by atoms with van der Waals surface area (Å²) in [4.78, 5) is 18.8. The van der Waals surface area contributed by atoms with Gasteiger partial charge in [0.15, 0.2) is 0 Å². The number of hydrogen-bond donors (Lipinski definition) is 1. The van der Waals surface area contributed by atoms with Crippen LogP contribution in [0.1, 0.15) is 34.8 Å². The maximum Gasteiger partial charge on any atom is 0.254 e. The van der Waals surface area contributed by atoms with E-state index in [1.807, 2.05) is 29.3 Å². The molecule has 0 bridgehead atoms. The molecule has 4 nitrogen and oxygen atoms in total. The minimum Gasteiger partial charge on any atom is -0.399 e. The molecule has 2 heterocycles. The van der Waals surface area contributed by atoms with Crippen LogP contribution < -0.4 is 5.73 Å². The van der Waals surface area contributed by atoms with Crippen molar-refractivity contribution < 1.29 is 4.79 Å². The number of halogens is 1. The van der Waals surface area contributed by atoms with Crippen molar-refractivity contribution >= 4 is 27.5 Å². The van der Waals surface area contributed by atoms with Crippen LogP contribution >= 0.6 is 15.9 Å². The van der Waals surface area contributed by atoms with Crippen LogP contribution in [-0.2, 0) is 0 Å². The highest BCUT2D eigenvalue weighted by molar-refractivity contribution is 9.10. The van der Waals surface area contributed by atoms with Gasteiger partial charge in [0.25, 0.3) is 5.91 Å². The van der Waals surface area contributed by atoms with E-state index >= 15 is 0 Å². The molecule has 1 aliphatic rings. The number of carbonyl (C=O) groups is 1. The monoisotopic (exact) mass is 345 g/mol. The van der Waals surface area contributed by atoms with Gasteiger partial charge in [0, 0.05) is 34.7 Å². The van der Waals surface area contributed by atoms with Gasteiger partial charge in [-0.2, -0.15) is 0 Å². The highest BCUT2D eigenvalue weighted by Gasteiger charge is 2.30. The lowest BCUT2D eigenvalue weighted by Crippen LogP contribution is -2.30. The number of pyridine rings is 1. The van der Waals surface area contributed by atoms with Gasteiger partial charge in [0.2, 0.25) is 0 Å². The van der Waals surface area contributed by atoms with E-state index in [0.29, 0.717) is 11.3 Å². The quantitative estimate of drug-likeness (QED) is 0.848. The van der Waals surface area contributed by atoms with Crippen LogP contribution in [0.2, 0.25) is 0 Å². The Labute approximate surface area is 132 Å². The van der Waals surface area contributed by atoms with Crippen LogP contribution in [0.25, 0.3) is 0 Å². The predicted molar refractivity (Wildman–Crippen MR) is 85.8 cm³/mol. The van der Waals surface area contributed by atoms with Gasteiger partial charge in [-0.15, -0.1) is 0 Å². The molecule has 1 amide bonds. The maximum atomic E-state index is 12.8. The van der Waals surface area contributed by atoms with Gasteiger partial charge in [-0.25, -0.2) is 0 Å². The number of carbonyl (C=O) groups excluding carboxylic acids is 1. The Morgan fingerprint density at radius 2 is 2.24 bits per heavy atom. The summed E-state index contributed by atoms with van der Waals surface area (Å²) < 4.78 is 0.822. The molecule has 1 aliphatic heterocycles. The van der Waals surface area contributed by atoms with Gasteiger partial charge < -0.3 is 10.6 Å². The Morgan fingerprint density at radius 1 is 1.38 bits per heavy atom. The zero-order valence-electron chi connectivity index (χ0n) is 11.5. The lowest BCUT2D eigenvalue weighted by molar-refractivity contribution is 0.0735. The number of nitrogens with zero attached hydrogens (tertiary/aromatic N) is 2. The zero-order chi connectivity index (χ0) is 14.8. The summed E-state index contributed by atoms with van der Waals surface area (Å²) in [5.41, 5.74) is 8.13. The molecular weight excluding hydrogens is 330 g/mol. The first-order chi connectivity index (χ1) is 10.1. The first-order valence-electron chi connectivity index (χ1n) is 6.92. The molecule has 1 fully saturated rings. The summed E-state index contributed by atoms with van der Waals surface area (Å²) in [6.07, 6.45) is 5.57. The molecule has 108 valence electrons. The van der Waals surface area contributed by atoms with E-state index in [1.165, 1.54) is 0 Å². The van der Waals surface area contributed by atoms with Crippen LogP contribution in [0.4, 0.5) is 5.69 Å². The number of aromatic nitrogens is 1. The van der Waals surface area contributed by atoms with E-state index in [4.69, 9.17) is 5.73 Å². The number of rotatable bonds is 2. The summed E-state index contributed by atoms with van der Waals surface area (Å²) in [5.74, 6) is 0.0225.